The number of H-pyrrole nitrogens is 1. The van der Waals surface area contributed by atoms with Crippen LogP contribution in [-0.4, -0.2) is 9.97 Å². The second-order valence-corrected chi connectivity index (χ2v) is 2.17. The Labute approximate surface area is 62.7 Å². The highest BCUT2D eigenvalue weighted by molar-refractivity contribution is 5.76. The number of hydrogen-bond acceptors (Lipinski definition) is 2. The first-order chi connectivity index (χ1) is 5.38. The summed E-state index contributed by atoms with van der Waals surface area (Å²) < 4.78 is 0. The van der Waals surface area contributed by atoms with Crippen LogP contribution in [0.5, 0.6) is 0 Å². The summed E-state index contributed by atoms with van der Waals surface area (Å²) in [6, 6.07) is 7.93. The smallest absolute Gasteiger partial charge is 0.258 e. The molecule has 0 atom stereocenters. The predicted molar refractivity (Wildman–Crippen MR) is 41.2 cm³/mol. The van der Waals surface area contributed by atoms with Gasteiger partial charge in [-0.05, 0) is 18.2 Å². The standard InChI is InChI=1S/C8H5N2O/c11-8-6-3-1-2-4-7(6)9-5-10-8/h2-5H,(H,9,10,11). The summed E-state index contributed by atoms with van der Waals surface area (Å²) in [6.07, 6.45) is 1.39. The van der Waals surface area contributed by atoms with E-state index in [9.17, 15) is 4.79 Å². The molecule has 11 heavy (non-hydrogen) atoms. The number of fused-ring (bicyclic) bond motifs is 1. The quantitative estimate of drug-likeness (QED) is 0.593. The molecule has 1 N–H and O–H groups in total. The van der Waals surface area contributed by atoms with Crippen molar-refractivity contribution < 1.29 is 0 Å². The molecule has 1 radical (unpaired) electrons. The number of rotatable bonds is 0. The minimum absolute atomic E-state index is 0.119. The monoisotopic (exact) mass is 145 g/mol. The van der Waals surface area contributed by atoms with Gasteiger partial charge >= 0.3 is 0 Å². The zero-order valence-electron chi connectivity index (χ0n) is 5.66. The fourth-order valence-electron chi connectivity index (χ4n) is 0.955. The SMILES string of the molecule is O=c1[nH]cnc2cc[c]cc12. The molecule has 0 saturated carbocycles. The summed E-state index contributed by atoms with van der Waals surface area (Å²) in [5.41, 5.74) is 0.583. The van der Waals surface area contributed by atoms with Gasteiger partial charge in [0.1, 0.15) is 0 Å². The van der Waals surface area contributed by atoms with Crippen LogP contribution in [0, 0.1) is 6.07 Å². The molecule has 1 heterocycles. The van der Waals surface area contributed by atoms with Crippen LogP contribution in [0.4, 0.5) is 0 Å². The van der Waals surface area contributed by atoms with Gasteiger partial charge < -0.3 is 4.98 Å². The molecule has 0 unspecified atom stereocenters. The van der Waals surface area contributed by atoms with Gasteiger partial charge in [0.05, 0.1) is 17.2 Å². The minimum Gasteiger partial charge on any atom is -0.313 e. The Bertz CT molecular complexity index is 428. The van der Waals surface area contributed by atoms with E-state index in [2.05, 4.69) is 16.0 Å². The van der Waals surface area contributed by atoms with Crippen LogP contribution < -0.4 is 5.56 Å². The molecule has 0 saturated heterocycles. The van der Waals surface area contributed by atoms with Gasteiger partial charge in [-0.3, -0.25) is 4.79 Å². The van der Waals surface area contributed by atoms with E-state index in [1.807, 2.05) is 0 Å². The second kappa shape index (κ2) is 2.20. The molecule has 3 nitrogen and oxygen atoms in total. The second-order valence-electron chi connectivity index (χ2n) is 2.17. The van der Waals surface area contributed by atoms with Gasteiger partial charge in [-0.1, -0.05) is 6.07 Å². The fourth-order valence-corrected chi connectivity index (χ4v) is 0.955. The Kier molecular flexibility index (Phi) is 1.22. The molecular weight excluding hydrogens is 140 g/mol. The highest BCUT2D eigenvalue weighted by atomic mass is 16.1. The van der Waals surface area contributed by atoms with E-state index in [4.69, 9.17) is 0 Å². The average molecular weight is 145 g/mol. The first kappa shape index (κ1) is 6.09. The van der Waals surface area contributed by atoms with Crippen molar-refractivity contribution in [1.29, 1.82) is 0 Å². The van der Waals surface area contributed by atoms with E-state index in [1.54, 1.807) is 18.2 Å². The molecule has 1 aromatic carbocycles. The molecule has 0 bridgehead atoms. The van der Waals surface area contributed by atoms with Gasteiger partial charge in [0.2, 0.25) is 0 Å². The maximum Gasteiger partial charge on any atom is 0.258 e. The van der Waals surface area contributed by atoms with Crippen molar-refractivity contribution in [2.24, 2.45) is 0 Å². The van der Waals surface area contributed by atoms with Crippen LogP contribution in [0.25, 0.3) is 10.9 Å². The van der Waals surface area contributed by atoms with E-state index in [0.29, 0.717) is 10.9 Å². The Hall–Kier alpha value is -1.64. The zero-order chi connectivity index (χ0) is 7.68. The third-order valence-electron chi connectivity index (χ3n) is 1.48. The van der Waals surface area contributed by atoms with Gasteiger partial charge in [-0.2, -0.15) is 0 Å². The molecule has 2 aromatic rings. The van der Waals surface area contributed by atoms with Crippen molar-refractivity contribution in [3.05, 3.63) is 40.9 Å². The van der Waals surface area contributed by atoms with E-state index in [0.717, 1.165) is 0 Å². The van der Waals surface area contributed by atoms with E-state index in [-0.39, 0.29) is 5.56 Å². The first-order valence-corrected chi connectivity index (χ1v) is 3.21. The molecule has 53 valence electrons. The van der Waals surface area contributed by atoms with E-state index < -0.39 is 0 Å². The van der Waals surface area contributed by atoms with Gasteiger partial charge in [0, 0.05) is 0 Å². The number of hydrogen-bond donors (Lipinski definition) is 1. The summed E-state index contributed by atoms with van der Waals surface area (Å²) in [6.45, 7) is 0. The lowest BCUT2D eigenvalue weighted by molar-refractivity contribution is 1.17. The van der Waals surface area contributed by atoms with Crippen molar-refractivity contribution >= 4 is 10.9 Å². The maximum absolute atomic E-state index is 11.1. The Morgan fingerprint density at radius 2 is 2.45 bits per heavy atom. The largest absolute Gasteiger partial charge is 0.313 e. The number of aromatic nitrogens is 2. The highest BCUT2D eigenvalue weighted by Crippen LogP contribution is 2.01. The van der Waals surface area contributed by atoms with Crippen LogP contribution in [0.2, 0.25) is 0 Å². The number of benzene rings is 1. The third-order valence-corrected chi connectivity index (χ3v) is 1.48. The molecule has 0 aliphatic heterocycles. The van der Waals surface area contributed by atoms with Crippen molar-refractivity contribution in [3.63, 3.8) is 0 Å². The van der Waals surface area contributed by atoms with Crippen molar-refractivity contribution in [3.8, 4) is 0 Å². The highest BCUT2D eigenvalue weighted by Gasteiger charge is 1.94. The summed E-state index contributed by atoms with van der Waals surface area (Å²) in [5, 5.41) is 0.579. The average Bonchev–Trinajstić information content (AvgIpc) is 2.06. The topological polar surface area (TPSA) is 45.8 Å². The predicted octanol–water partition coefficient (Wildman–Crippen LogP) is 0.723. The number of nitrogens with one attached hydrogen (secondary N) is 1. The Balaban J connectivity index is 3.03. The Morgan fingerprint density at radius 1 is 1.55 bits per heavy atom. The van der Waals surface area contributed by atoms with Crippen LogP contribution >= 0.6 is 0 Å². The zero-order valence-corrected chi connectivity index (χ0v) is 5.66. The lowest BCUT2D eigenvalue weighted by atomic mass is 10.2. The molecule has 3 heteroatoms. The van der Waals surface area contributed by atoms with Crippen LogP contribution in [0.15, 0.2) is 29.3 Å². The molecular formula is C8H5N2O. The van der Waals surface area contributed by atoms with Crippen molar-refractivity contribution in [1.82, 2.24) is 9.97 Å². The van der Waals surface area contributed by atoms with Gasteiger partial charge in [0.25, 0.3) is 5.56 Å². The third kappa shape index (κ3) is 0.902. The molecule has 0 aliphatic carbocycles. The first-order valence-electron chi connectivity index (χ1n) is 3.21. The van der Waals surface area contributed by atoms with Crippen LogP contribution in [-0.2, 0) is 0 Å². The van der Waals surface area contributed by atoms with Gasteiger partial charge in [-0.25, -0.2) is 4.98 Å². The summed E-state index contributed by atoms with van der Waals surface area (Å²) >= 11 is 0. The minimum atomic E-state index is -0.119. The molecule has 0 aliphatic rings. The number of nitrogens with zero attached hydrogens (tertiary/aromatic N) is 1. The van der Waals surface area contributed by atoms with Crippen molar-refractivity contribution in [2.75, 3.05) is 0 Å². The van der Waals surface area contributed by atoms with Gasteiger partial charge in [0.15, 0.2) is 0 Å². The number of aromatic amines is 1. The van der Waals surface area contributed by atoms with E-state index in [1.165, 1.54) is 6.33 Å². The normalized spacial score (nSPS) is 10.2. The van der Waals surface area contributed by atoms with Crippen LogP contribution in [0.1, 0.15) is 0 Å². The summed E-state index contributed by atoms with van der Waals surface area (Å²) in [5.74, 6) is 0. The molecule has 1 aromatic heterocycles. The molecule has 2 rings (SSSR count). The maximum atomic E-state index is 11.1. The Morgan fingerprint density at radius 3 is 3.27 bits per heavy atom. The lowest BCUT2D eigenvalue weighted by Crippen LogP contribution is -2.05. The van der Waals surface area contributed by atoms with E-state index >= 15 is 0 Å². The van der Waals surface area contributed by atoms with Crippen molar-refractivity contribution in [2.45, 2.75) is 0 Å². The molecule has 0 amide bonds. The summed E-state index contributed by atoms with van der Waals surface area (Å²) in [4.78, 5) is 17.5. The molecule has 0 fully saturated rings. The lowest BCUT2D eigenvalue weighted by Gasteiger charge is -1.90. The molecule has 0 spiro atoms. The van der Waals surface area contributed by atoms with Gasteiger partial charge in [-0.15, -0.1) is 0 Å². The fraction of sp³-hybridized carbons (Fsp3) is 0. The summed E-state index contributed by atoms with van der Waals surface area (Å²) in [7, 11) is 0. The van der Waals surface area contributed by atoms with Crippen LogP contribution in [0.3, 0.4) is 0 Å².